The summed E-state index contributed by atoms with van der Waals surface area (Å²) in [5.41, 5.74) is 2.33. The SMILES string of the molecule is COc1cc(OC)cc(C2(O)CCN(Cc3cn(C)nc3C)CC2)c1. The van der Waals surface area contributed by atoms with Crippen LogP contribution < -0.4 is 9.47 Å². The molecule has 1 fully saturated rings. The van der Waals surface area contributed by atoms with Gasteiger partial charge in [0.05, 0.1) is 25.5 Å². The number of aryl methyl sites for hydroxylation is 2. The Morgan fingerprint density at radius 2 is 1.72 bits per heavy atom. The van der Waals surface area contributed by atoms with Crippen molar-refractivity contribution in [3.63, 3.8) is 0 Å². The highest BCUT2D eigenvalue weighted by Crippen LogP contribution is 2.37. The molecular formula is C19H27N3O3. The van der Waals surface area contributed by atoms with Crippen LogP contribution in [0.2, 0.25) is 0 Å². The first kappa shape index (κ1) is 17.8. The molecule has 0 unspecified atom stereocenters. The van der Waals surface area contributed by atoms with Gasteiger partial charge in [0.15, 0.2) is 0 Å². The Balaban J connectivity index is 1.71. The van der Waals surface area contributed by atoms with Crippen LogP contribution >= 0.6 is 0 Å². The predicted molar refractivity (Wildman–Crippen MR) is 95.9 cm³/mol. The van der Waals surface area contributed by atoms with Gasteiger partial charge in [-0.1, -0.05) is 0 Å². The van der Waals surface area contributed by atoms with E-state index in [0.717, 1.165) is 30.9 Å². The van der Waals surface area contributed by atoms with Crippen LogP contribution in [0.4, 0.5) is 0 Å². The summed E-state index contributed by atoms with van der Waals surface area (Å²) >= 11 is 0. The van der Waals surface area contributed by atoms with E-state index in [0.29, 0.717) is 24.3 Å². The molecule has 6 heteroatoms. The summed E-state index contributed by atoms with van der Waals surface area (Å²) in [6.07, 6.45) is 3.44. The lowest BCUT2D eigenvalue weighted by molar-refractivity contribution is -0.0280. The number of ether oxygens (including phenoxy) is 2. The van der Waals surface area contributed by atoms with Gasteiger partial charge in [-0.3, -0.25) is 9.58 Å². The van der Waals surface area contributed by atoms with Crippen LogP contribution in [0.1, 0.15) is 29.7 Å². The van der Waals surface area contributed by atoms with E-state index in [4.69, 9.17) is 9.47 Å². The van der Waals surface area contributed by atoms with E-state index in [-0.39, 0.29) is 0 Å². The fourth-order valence-corrected chi connectivity index (χ4v) is 3.49. The van der Waals surface area contributed by atoms with Crippen molar-refractivity contribution >= 4 is 0 Å². The Bertz CT molecular complexity index is 711. The summed E-state index contributed by atoms with van der Waals surface area (Å²) in [7, 11) is 5.20. The Hall–Kier alpha value is -2.05. The first-order valence-corrected chi connectivity index (χ1v) is 8.61. The maximum absolute atomic E-state index is 11.2. The summed E-state index contributed by atoms with van der Waals surface area (Å²) in [5.74, 6) is 1.41. The Morgan fingerprint density at radius 1 is 1.12 bits per heavy atom. The number of methoxy groups -OCH3 is 2. The lowest BCUT2D eigenvalue weighted by Crippen LogP contribution is -2.42. The van der Waals surface area contributed by atoms with E-state index in [2.05, 4.69) is 16.2 Å². The van der Waals surface area contributed by atoms with Gasteiger partial charge >= 0.3 is 0 Å². The van der Waals surface area contributed by atoms with E-state index >= 15 is 0 Å². The third-order valence-corrected chi connectivity index (χ3v) is 5.08. The zero-order valence-electron chi connectivity index (χ0n) is 15.5. The summed E-state index contributed by atoms with van der Waals surface area (Å²) in [6, 6.07) is 5.64. The molecule has 1 N–H and O–H groups in total. The van der Waals surface area contributed by atoms with Gasteiger partial charge in [0.2, 0.25) is 0 Å². The first-order chi connectivity index (χ1) is 11.9. The van der Waals surface area contributed by atoms with Gasteiger partial charge in [-0.15, -0.1) is 0 Å². The molecule has 0 bridgehead atoms. The molecule has 0 amide bonds. The van der Waals surface area contributed by atoms with Crippen molar-refractivity contribution in [1.29, 1.82) is 0 Å². The van der Waals surface area contributed by atoms with Crippen LogP contribution in [0, 0.1) is 6.92 Å². The van der Waals surface area contributed by atoms with Crippen LogP contribution in [-0.2, 0) is 19.2 Å². The van der Waals surface area contributed by atoms with E-state index in [1.54, 1.807) is 14.2 Å². The second-order valence-corrected chi connectivity index (χ2v) is 6.82. The molecule has 2 aromatic rings. The third-order valence-electron chi connectivity index (χ3n) is 5.08. The molecule has 1 aliphatic heterocycles. The van der Waals surface area contributed by atoms with Gasteiger partial charge in [-0.2, -0.15) is 5.10 Å². The van der Waals surface area contributed by atoms with Gasteiger partial charge in [0, 0.05) is 44.5 Å². The number of piperidine rings is 1. The van der Waals surface area contributed by atoms with Crippen LogP contribution in [-0.4, -0.2) is 47.1 Å². The van der Waals surface area contributed by atoms with Crippen molar-refractivity contribution in [3.8, 4) is 11.5 Å². The molecule has 3 rings (SSSR count). The number of hydrogen-bond donors (Lipinski definition) is 1. The molecule has 0 spiro atoms. The highest BCUT2D eigenvalue weighted by molar-refractivity contribution is 5.41. The molecule has 6 nitrogen and oxygen atoms in total. The minimum absolute atomic E-state index is 0.683. The Kier molecular flexibility index (Phi) is 5.01. The molecule has 25 heavy (non-hydrogen) atoms. The third kappa shape index (κ3) is 3.80. The average molecular weight is 345 g/mol. The Labute approximate surface area is 149 Å². The maximum atomic E-state index is 11.2. The van der Waals surface area contributed by atoms with Gasteiger partial charge in [0.1, 0.15) is 11.5 Å². The van der Waals surface area contributed by atoms with Gasteiger partial charge in [0.25, 0.3) is 0 Å². The lowest BCUT2D eigenvalue weighted by Gasteiger charge is -2.38. The predicted octanol–water partition coefficient (Wildman–Crippen LogP) is 2.23. The standard InChI is InChI=1S/C19H27N3O3/c1-14-15(12-21(2)20-14)13-22-7-5-19(23,6-8-22)16-9-17(24-3)11-18(10-16)25-4/h9-12,23H,5-8,13H2,1-4H3. The number of aliphatic hydroxyl groups is 1. The number of nitrogens with zero attached hydrogens (tertiary/aromatic N) is 3. The van der Waals surface area contributed by atoms with Gasteiger partial charge in [-0.05, 0) is 37.5 Å². The molecule has 0 radical (unpaired) electrons. The fraction of sp³-hybridized carbons (Fsp3) is 0.526. The van der Waals surface area contributed by atoms with E-state index in [9.17, 15) is 5.11 Å². The topological polar surface area (TPSA) is 59.8 Å². The molecule has 1 aromatic heterocycles. The van der Waals surface area contributed by atoms with Crippen LogP contribution in [0.15, 0.2) is 24.4 Å². The second-order valence-electron chi connectivity index (χ2n) is 6.82. The Morgan fingerprint density at radius 3 is 2.20 bits per heavy atom. The number of rotatable bonds is 5. The number of hydrogen-bond acceptors (Lipinski definition) is 5. The molecule has 136 valence electrons. The minimum atomic E-state index is -0.845. The highest BCUT2D eigenvalue weighted by Gasteiger charge is 2.35. The molecule has 0 aliphatic carbocycles. The van der Waals surface area contributed by atoms with Crippen molar-refractivity contribution in [3.05, 3.63) is 41.2 Å². The van der Waals surface area contributed by atoms with Gasteiger partial charge in [-0.25, -0.2) is 0 Å². The van der Waals surface area contributed by atoms with E-state index in [1.165, 1.54) is 5.56 Å². The van der Waals surface area contributed by atoms with Crippen LogP contribution in [0.3, 0.4) is 0 Å². The molecule has 1 aromatic carbocycles. The van der Waals surface area contributed by atoms with Crippen molar-refractivity contribution < 1.29 is 14.6 Å². The minimum Gasteiger partial charge on any atom is -0.497 e. The van der Waals surface area contributed by atoms with E-state index in [1.807, 2.05) is 36.9 Å². The summed E-state index contributed by atoms with van der Waals surface area (Å²) in [6.45, 7) is 4.59. The average Bonchev–Trinajstić information content (AvgIpc) is 2.93. The van der Waals surface area contributed by atoms with Crippen molar-refractivity contribution in [2.75, 3.05) is 27.3 Å². The van der Waals surface area contributed by atoms with Gasteiger partial charge < -0.3 is 14.6 Å². The monoisotopic (exact) mass is 345 g/mol. The number of benzene rings is 1. The summed E-state index contributed by atoms with van der Waals surface area (Å²) in [4.78, 5) is 2.37. The van der Waals surface area contributed by atoms with Crippen molar-refractivity contribution in [2.24, 2.45) is 7.05 Å². The molecule has 2 heterocycles. The molecule has 0 atom stereocenters. The van der Waals surface area contributed by atoms with E-state index < -0.39 is 5.60 Å². The summed E-state index contributed by atoms with van der Waals surface area (Å²) in [5, 5.41) is 15.6. The second kappa shape index (κ2) is 7.06. The first-order valence-electron chi connectivity index (χ1n) is 8.61. The lowest BCUT2D eigenvalue weighted by atomic mass is 9.84. The summed E-state index contributed by atoms with van der Waals surface area (Å²) < 4.78 is 12.5. The zero-order valence-corrected chi connectivity index (χ0v) is 15.5. The zero-order chi connectivity index (χ0) is 18.0. The van der Waals surface area contributed by atoms with Crippen LogP contribution in [0.25, 0.3) is 0 Å². The molecule has 0 saturated carbocycles. The maximum Gasteiger partial charge on any atom is 0.122 e. The quantitative estimate of drug-likeness (QED) is 0.900. The number of aromatic nitrogens is 2. The normalized spacial score (nSPS) is 17.5. The van der Waals surface area contributed by atoms with Crippen molar-refractivity contribution in [1.82, 2.24) is 14.7 Å². The van der Waals surface area contributed by atoms with Crippen molar-refractivity contribution in [2.45, 2.75) is 31.9 Å². The smallest absolute Gasteiger partial charge is 0.122 e. The van der Waals surface area contributed by atoms with Crippen LogP contribution in [0.5, 0.6) is 11.5 Å². The fourth-order valence-electron chi connectivity index (χ4n) is 3.49. The largest absolute Gasteiger partial charge is 0.497 e. The highest BCUT2D eigenvalue weighted by atomic mass is 16.5. The molecule has 1 aliphatic rings. The molecule has 1 saturated heterocycles. The molecular weight excluding hydrogens is 318 g/mol. The number of likely N-dealkylation sites (tertiary alicyclic amines) is 1.